The molecule has 0 aliphatic heterocycles. The van der Waals surface area contributed by atoms with Gasteiger partial charge in [-0.25, -0.2) is 0 Å². The molecule has 0 bridgehead atoms. The lowest BCUT2D eigenvalue weighted by molar-refractivity contribution is -0.0744. The quantitative estimate of drug-likeness (QED) is 0.835. The van der Waals surface area contributed by atoms with Gasteiger partial charge in [0.05, 0.1) is 18.4 Å². The predicted molar refractivity (Wildman–Crippen MR) is 79.5 cm³/mol. The van der Waals surface area contributed by atoms with E-state index in [0.717, 1.165) is 12.8 Å². The third-order valence-electron chi connectivity index (χ3n) is 4.34. The van der Waals surface area contributed by atoms with Crippen LogP contribution in [0.3, 0.4) is 0 Å². The Hall–Kier alpha value is -0.870. The maximum absolute atomic E-state index is 10.5. The van der Waals surface area contributed by atoms with E-state index in [1.54, 1.807) is 0 Å². The zero-order chi connectivity index (χ0) is 14.4. The van der Waals surface area contributed by atoms with Crippen molar-refractivity contribution >= 4 is 0 Å². The highest BCUT2D eigenvalue weighted by molar-refractivity contribution is 5.04. The van der Waals surface area contributed by atoms with Crippen LogP contribution in [0.5, 0.6) is 0 Å². The average Bonchev–Trinajstić information content (AvgIpc) is 2.89. The second kappa shape index (κ2) is 7.79. The highest BCUT2D eigenvalue weighted by Gasteiger charge is 2.29. The van der Waals surface area contributed by atoms with Gasteiger partial charge >= 0.3 is 0 Å². The number of hydrogen-bond donors (Lipinski definition) is 1. The van der Waals surface area contributed by atoms with Gasteiger partial charge in [0, 0.05) is 19.9 Å². The first-order chi connectivity index (χ1) is 9.70. The molecule has 2 rings (SSSR count). The summed E-state index contributed by atoms with van der Waals surface area (Å²) >= 11 is 0. The molecule has 1 aliphatic rings. The number of rotatable bonds is 7. The summed E-state index contributed by atoms with van der Waals surface area (Å²) < 4.78 is 7.67. The molecule has 1 aromatic rings. The van der Waals surface area contributed by atoms with Gasteiger partial charge in [-0.05, 0) is 44.1 Å². The molecule has 1 saturated carbocycles. The van der Waals surface area contributed by atoms with E-state index in [1.165, 1.54) is 37.7 Å². The van der Waals surface area contributed by atoms with Gasteiger partial charge in [-0.15, -0.1) is 0 Å². The molecule has 1 heterocycles. The molecule has 1 N–H and O–H groups in total. The van der Waals surface area contributed by atoms with E-state index in [0.29, 0.717) is 12.5 Å². The van der Waals surface area contributed by atoms with Crippen molar-refractivity contribution in [3.05, 3.63) is 18.0 Å². The first-order valence-electron chi connectivity index (χ1n) is 7.98. The first-order valence-corrected chi connectivity index (χ1v) is 7.98. The summed E-state index contributed by atoms with van der Waals surface area (Å²) in [6, 6.07) is 0. The van der Waals surface area contributed by atoms with Crippen LogP contribution >= 0.6 is 0 Å². The molecule has 20 heavy (non-hydrogen) atoms. The molecule has 1 aromatic heterocycles. The molecule has 2 atom stereocenters. The van der Waals surface area contributed by atoms with Crippen molar-refractivity contribution in [1.82, 2.24) is 9.78 Å². The largest absolute Gasteiger partial charge is 0.390 e. The Balaban J connectivity index is 1.86. The monoisotopic (exact) mass is 280 g/mol. The number of aryl methyl sites for hydroxylation is 2. The van der Waals surface area contributed by atoms with E-state index in [-0.39, 0.29) is 12.2 Å². The lowest BCUT2D eigenvalue weighted by Crippen LogP contribution is -2.37. The number of aromatic nitrogens is 2. The predicted octanol–water partition coefficient (Wildman–Crippen LogP) is 2.70. The van der Waals surface area contributed by atoms with Gasteiger partial charge < -0.3 is 9.84 Å². The fourth-order valence-corrected chi connectivity index (χ4v) is 3.30. The molecular formula is C16H28N2O2. The minimum absolute atomic E-state index is 0.0111. The number of ether oxygens (including phenoxy) is 1. The molecule has 2 unspecified atom stereocenters. The SMILES string of the molecule is CCOC(C(O)CCc1cnn(C)c1)C1CCCCC1. The average molecular weight is 280 g/mol. The number of nitrogens with zero attached hydrogens (tertiary/aromatic N) is 2. The van der Waals surface area contributed by atoms with Gasteiger partial charge in [0.25, 0.3) is 0 Å². The molecule has 1 aliphatic carbocycles. The molecule has 0 spiro atoms. The van der Waals surface area contributed by atoms with Crippen LogP contribution in [0, 0.1) is 5.92 Å². The molecular weight excluding hydrogens is 252 g/mol. The van der Waals surface area contributed by atoms with E-state index in [1.807, 2.05) is 31.0 Å². The Labute approximate surface area is 122 Å². The van der Waals surface area contributed by atoms with Gasteiger partial charge in [-0.2, -0.15) is 5.10 Å². The second-order valence-electron chi connectivity index (χ2n) is 5.95. The minimum atomic E-state index is -0.363. The van der Waals surface area contributed by atoms with Gasteiger partial charge in [-0.1, -0.05) is 19.3 Å². The van der Waals surface area contributed by atoms with Crippen LogP contribution in [0.25, 0.3) is 0 Å². The minimum Gasteiger partial charge on any atom is -0.390 e. The number of aliphatic hydroxyl groups excluding tert-OH is 1. The van der Waals surface area contributed by atoms with Gasteiger partial charge in [-0.3, -0.25) is 4.68 Å². The summed E-state index contributed by atoms with van der Waals surface area (Å²) in [6.45, 7) is 2.70. The van der Waals surface area contributed by atoms with Crippen molar-refractivity contribution in [3.63, 3.8) is 0 Å². The summed E-state index contributed by atoms with van der Waals surface area (Å²) in [5.74, 6) is 0.535. The van der Waals surface area contributed by atoms with Crippen LogP contribution < -0.4 is 0 Å². The molecule has 0 radical (unpaired) electrons. The van der Waals surface area contributed by atoms with E-state index in [4.69, 9.17) is 4.74 Å². The topological polar surface area (TPSA) is 47.3 Å². The van der Waals surface area contributed by atoms with E-state index in [2.05, 4.69) is 5.10 Å². The Morgan fingerprint density at radius 3 is 2.75 bits per heavy atom. The molecule has 1 fully saturated rings. The Morgan fingerprint density at radius 2 is 2.15 bits per heavy atom. The van der Waals surface area contributed by atoms with Crippen LogP contribution in [0.2, 0.25) is 0 Å². The van der Waals surface area contributed by atoms with Crippen molar-refractivity contribution in [2.45, 2.75) is 64.1 Å². The Morgan fingerprint density at radius 1 is 1.40 bits per heavy atom. The molecule has 4 heteroatoms. The van der Waals surface area contributed by atoms with Crippen LogP contribution in [-0.4, -0.2) is 33.7 Å². The standard InChI is InChI=1S/C16H28N2O2/c1-3-20-16(14-7-5-4-6-8-14)15(19)10-9-13-11-17-18(2)12-13/h11-12,14-16,19H,3-10H2,1-2H3. The summed E-state index contributed by atoms with van der Waals surface area (Å²) in [5.41, 5.74) is 1.19. The van der Waals surface area contributed by atoms with Crippen LogP contribution in [0.4, 0.5) is 0 Å². The molecule has 0 saturated heterocycles. The first kappa shape index (κ1) is 15.5. The zero-order valence-electron chi connectivity index (χ0n) is 12.8. The normalized spacial score (nSPS) is 19.9. The van der Waals surface area contributed by atoms with Crippen LogP contribution in [0.15, 0.2) is 12.4 Å². The van der Waals surface area contributed by atoms with Gasteiger partial charge in [0.1, 0.15) is 0 Å². The summed E-state index contributed by atoms with van der Waals surface area (Å²) in [7, 11) is 1.92. The van der Waals surface area contributed by atoms with Crippen molar-refractivity contribution in [2.75, 3.05) is 6.61 Å². The highest BCUT2D eigenvalue weighted by atomic mass is 16.5. The van der Waals surface area contributed by atoms with Crippen LogP contribution in [-0.2, 0) is 18.2 Å². The molecule has 0 aromatic carbocycles. The smallest absolute Gasteiger partial charge is 0.0861 e. The summed E-state index contributed by atoms with van der Waals surface area (Å²) in [4.78, 5) is 0. The summed E-state index contributed by atoms with van der Waals surface area (Å²) in [6.07, 6.45) is 11.5. The third-order valence-corrected chi connectivity index (χ3v) is 4.34. The Bertz CT molecular complexity index is 386. The lowest BCUT2D eigenvalue weighted by Gasteiger charge is -2.33. The van der Waals surface area contributed by atoms with E-state index >= 15 is 0 Å². The van der Waals surface area contributed by atoms with E-state index < -0.39 is 0 Å². The number of aliphatic hydroxyl groups is 1. The number of hydrogen-bond acceptors (Lipinski definition) is 3. The lowest BCUT2D eigenvalue weighted by atomic mass is 9.82. The zero-order valence-corrected chi connectivity index (χ0v) is 12.8. The van der Waals surface area contributed by atoms with Crippen molar-refractivity contribution < 1.29 is 9.84 Å². The molecule has 4 nitrogen and oxygen atoms in total. The molecule has 114 valence electrons. The highest BCUT2D eigenvalue weighted by Crippen LogP contribution is 2.30. The molecule has 0 amide bonds. The second-order valence-corrected chi connectivity index (χ2v) is 5.95. The van der Waals surface area contributed by atoms with Crippen molar-refractivity contribution in [1.29, 1.82) is 0 Å². The Kier molecular flexibility index (Phi) is 6.05. The van der Waals surface area contributed by atoms with Crippen LogP contribution in [0.1, 0.15) is 51.0 Å². The van der Waals surface area contributed by atoms with E-state index in [9.17, 15) is 5.11 Å². The maximum atomic E-state index is 10.5. The van der Waals surface area contributed by atoms with Crippen molar-refractivity contribution in [2.24, 2.45) is 13.0 Å². The van der Waals surface area contributed by atoms with Gasteiger partial charge in [0.15, 0.2) is 0 Å². The van der Waals surface area contributed by atoms with Gasteiger partial charge in [0.2, 0.25) is 0 Å². The third kappa shape index (κ3) is 4.32. The van der Waals surface area contributed by atoms with Crippen molar-refractivity contribution in [3.8, 4) is 0 Å². The fraction of sp³-hybridized carbons (Fsp3) is 0.812. The summed E-state index contributed by atoms with van der Waals surface area (Å²) in [5, 5.41) is 14.7. The maximum Gasteiger partial charge on any atom is 0.0861 e. The fourth-order valence-electron chi connectivity index (χ4n) is 3.30.